The number of oxime groups is 1. The summed E-state index contributed by atoms with van der Waals surface area (Å²) >= 11 is 3.40. The van der Waals surface area contributed by atoms with Crippen molar-refractivity contribution in [2.45, 2.75) is 20.8 Å². The Morgan fingerprint density at radius 3 is 2.47 bits per heavy atom. The molecule has 2 rings (SSSR count). The zero-order valence-electron chi connectivity index (χ0n) is 11.0. The van der Waals surface area contributed by atoms with Gasteiger partial charge in [0.05, 0.1) is 5.71 Å². The van der Waals surface area contributed by atoms with Gasteiger partial charge in [-0.3, -0.25) is 0 Å². The number of hydrogen-bond donors (Lipinski definition) is 0. The highest BCUT2D eigenvalue weighted by Crippen LogP contribution is 2.13. The van der Waals surface area contributed by atoms with Crippen LogP contribution in [0.4, 0.5) is 0 Å². The highest BCUT2D eigenvalue weighted by Gasteiger charge is 2.01. The third-order valence-corrected chi connectivity index (χ3v) is 3.01. The number of nitrogens with zero attached hydrogens (tertiary/aromatic N) is 3. The molecule has 0 unspecified atom stereocenters. The molecule has 0 radical (unpaired) electrons. The van der Waals surface area contributed by atoms with Crippen LogP contribution in [0, 0.1) is 13.8 Å². The molecule has 0 aliphatic carbocycles. The smallest absolute Gasteiger partial charge is 0.252 e. The first kappa shape index (κ1) is 13.7. The maximum absolute atomic E-state index is 5.34. The molecule has 5 heteroatoms. The van der Waals surface area contributed by atoms with E-state index in [-0.39, 0.29) is 0 Å². The SMILES string of the molecule is C/C(=N/Oc1cc(C)nc(C)n1)c1ccc(Br)cc1. The summed E-state index contributed by atoms with van der Waals surface area (Å²) < 4.78 is 1.03. The summed E-state index contributed by atoms with van der Waals surface area (Å²) in [5, 5.41) is 4.09. The van der Waals surface area contributed by atoms with Gasteiger partial charge >= 0.3 is 0 Å². The van der Waals surface area contributed by atoms with Crippen molar-refractivity contribution in [3.8, 4) is 5.88 Å². The first-order chi connectivity index (χ1) is 9.04. The average molecular weight is 320 g/mol. The van der Waals surface area contributed by atoms with Crippen LogP contribution < -0.4 is 4.84 Å². The summed E-state index contributed by atoms with van der Waals surface area (Å²) in [5.41, 5.74) is 2.66. The van der Waals surface area contributed by atoms with E-state index >= 15 is 0 Å². The molecule has 0 atom stereocenters. The van der Waals surface area contributed by atoms with Gasteiger partial charge in [-0.1, -0.05) is 33.2 Å². The highest BCUT2D eigenvalue weighted by molar-refractivity contribution is 9.10. The molecule has 0 fully saturated rings. The summed E-state index contributed by atoms with van der Waals surface area (Å²) in [7, 11) is 0. The lowest BCUT2D eigenvalue weighted by Gasteiger charge is -2.03. The van der Waals surface area contributed by atoms with Gasteiger partial charge in [-0.05, 0) is 38.5 Å². The lowest BCUT2D eigenvalue weighted by Crippen LogP contribution is -2.00. The van der Waals surface area contributed by atoms with E-state index in [0.717, 1.165) is 21.4 Å². The van der Waals surface area contributed by atoms with Crippen molar-refractivity contribution in [1.29, 1.82) is 0 Å². The van der Waals surface area contributed by atoms with E-state index in [1.807, 2.05) is 45.0 Å². The van der Waals surface area contributed by atoms with Crippen molar-refractivity contribution in [2.75, 3.05) is 0 Å². The van der Waals surface area contributed by atoms with Crippen LogP contribution in [0.5, 0.6) is 5.88 Å². The fraction of sp³-hybridized carbons (Fsp3) is 0.214. The Balaban J connectivity index is 2.15. The minimum absolute atomic E-state index is 0.460. The molecule has 1 aromatic heterocycles. The van der Waals surface area contributed by atoms with Crippen LogP contribution in [0.3, 0.4) is 0 Å². The van der Waals surface area contributed by atoms with Gasteiger partial charge < -0.3 is 4.84 Å². The highest BCUT2D eigenvalue weighted by atomic mass is 79.9. The molecule has 0 aliphatic heterocycles. The third-order valence-electron chi connectivity index (χ3n) is 2.48. The third kappa shape index (κ3) is 3.86. The molecule has 0 aliphatic rings. The Morgan fingerprint density at radius 1 is 1.16 bits per heavy atom. The van der Waals surface area contributed by atoms with Gasteiger partial charge in [-0.15, -0.1) is 0 Å². The quantitative estimate of drug-likeness (QED) is 0.640. The van der Waals surface area contributed by atoms with E-state index in [9.17, 15) is 0 Å². The molecule has 0 saturated carbocycles. The molecule has 1 aromatic carbocycles. The molecule has 0 N–H and O–H groups in total. The van der Waals surface area contributed by atoms with Crippen molar-refractivity contribution in [2.24, 2.45) is 5.16 Å². The summed E-state index contributed by atoms with van der Waals surface area (Å²) in [6.07, 6.45) is 0. The first-order valence-corrected chi connectivity index (χ1v) is 6.64. The number of benzene rings is 1. The monoisotopic (exact) mass is 319 g/mol. The zero-order chi connectivity index (χ0) is 13.8. The second-order valence-corrected chi connectivity index (χ2v) is 5.09. The Labute approximate surface area is 120 Å². The van der Waals surface area contributed by atoms with Crippen molar-refractivity contribution in [3.05, 3.63) is 51.9 Å². The number of hydrogen-bond acceptors (Lipinski definition) is 4. The maximum atomic E-state index is 5.34. The molecule has 2 aromatic rings. The van der Waals surface area contributed by atoms with E-state index in [1.165, 1.54) is 0 Å². The predicted octanol–water partition coefficient (Wildman–Crippen LogP) is 3.66. The van der Waals surface area contributed by atoms with Crippen molar-refractivity contribution < 1.29 is 4.84 Å². The van der Waals surface area contributed by atoms with Crippen LogP contribution in [0.1, 0.15) is 24.0 Å². The molecule has 0 amide bonds. The summed E-state index contributed by atoms with van der Waals surface area (Å²) in [6.45, 7) is 5.61. The topological polar surface area (TPSA) is 47.4 Å². The van der Waals surface area contributed by atoms with Crippen LogP contribution in [-0.2, 0) is 0 Å². The van der Waals surface area contributed by atoms with Crippen LogP contribution in [-0.4, -0.2) is 15.7 Å². The molecule has 98 valence electrons. The maximum Gasteiger partial charge on any atom is 0.252 e. The van der Waals surface area contributed by atoms with E-state index in [4.69, 9.17) is 4.84 Å². The van der Waals surface area contributed by atoms with Crippen molar-refractivity contribution in [3.63, 3.8) is 0 Å². The lowest BCUT2D eigenvalue weighted by molar-refractivity contribution is 0.325. The van der Waals surface area contributed by atoms with Crippen LogP contribution >= 0.6 is 15.9 Å². The van der Waals surface area contributed by atoms with Gasteiger partial charge in [0, 0.05) is 16.2 Å². The van der Waals surface area contributed by atoms with Crippen molar-refractivity contribution in [1.82, 2.24) is 9.97 Å². The van der Waals surface area contributed by atoms with Gasteiger partial charge in [0.25, 0.3) is 5.88 Å². The van der Waals surface area contributed by atoms with E-state index in [0.29, 0.717) is 11.7 Å². The Bertz CT molecular complexity index is 588. The summed E-state index contributed by atoms with van der Waals surface area (Å²) in [6, 6.07) is 9.64. The largest absolute Gasteiger partial charge is 0.336 e. The Morgan fingerprint density at radius 2 is 1.84 bits per heavy atom. The fourth-order valence-electron chi connectivity index (χ4n) is 1.59. The molecule has 4 nitrogen and oxygen atoms in total. The van der Waals surface area contributed by atoms with E-state index in [1.54, 1.807) is 6.07 Å². The second kappa shape index (κ2) is 5.93. The minimum atomic E-state index is 0.460. The lowest BCUT2D eigenvalue weighted by atomic mass is 10.1. The van der Waals surface area contributed by atoms with E-state index < -0.39 is 0 Å². The van der Waals surface area contributed by atoms with Crippen LogP contribution in [0.15, 0.2) is 40.0 Å². The Hall–Kier alpha value is -1.75. The van der Waals surface area contributed by atoms with Gasteiger partial charge in [0.2, 0.25) is 0 Å². The van der Waals surface area contributed by atoms with Crippen LogP contribution in [0.2, 0.25) is 0 Å². The summed E-state index contributed by atoms with van der Waals surface area (Å²) in [4.78, 5) is 13.7. The predicted molar refractivity (Wildman–Crippen MR) is 78.5 cm³/mol. The molecule has 0 spiro atoms. The van der Waals surface area contributed by atoms with Gasteiger partial charge in [0.15, 0.2) is 0 Å². The second-order valence-electron chi connectivity index (χ2n) is 4.17. The number of aryl methyl sites for hydroxylation is 2. The van der Waals surface area contributed by atoms with Crippen LogP contribution in [0.25, 0.3) is 0 Å². The molecular formula is C14H14BrN3O. The Kier molecular flexibility index (Phi) is 4.27. The summed E-state index contributed by atoms with van der Waals surface area (Å²) in [5.74, 6) is 1.13. The molecule has 0 saturated heterocycles. The fourth-order valence-corrected chi connectivity index (χ4v) is 1.85. The van der Waals surface area contributed by atoms with E-state index in [2.05, 4.69) is 31.1 Å². The van der Waals surface area contributed by atoms with Gasteiger partial charge in [-0.2, -0.15) is 4.98 Å². The van der Waals surface area contributed by atoms with Gasteiger partial charge in [0.1, 0.15) is 5.82 Å². The van der Waals surface area contributed by atoms with Gasteiger partial charge in [-0.25, -0.2) is 4.98 Å². The number of aromatic nitrogens is 2. The first-order valence-electron chi connectivity index (χ1n) is 5.84. The molecule has 1 heterocycles. The number of rotatable bonds is 3. The minimum Gasteiger partial charge on any atom is -0.336 e. The normalized spacial score (nSPS) is 11.5. The molecule has 0 bridgehead atoms. The molecule has 19 heavy (non-hydrogen) atoms. The molecular weight excluding hydrogens is 306 g/mol. The number of halogens is 1. The zero-order valence-corrected chi connectivity index (χ0v) is 12.6. The average Bonchev–Trinajstić information content (AvgIpc) is 2.36. The van der Waals surface area contributed by atoms with Crippen molar-refractivity contribution >= 4 is 21.6 Å². The standard InChI is InChI=1S/C14H14BrN3O/c1-9-8-14(17-11(3)16-9)19-18-10(2)12-4-6-13(15)7-5-12/h4-8H,1-3H3/b18-10-.